The predicted molar refractivity (Wildman–Crippen MR) is 90.3 cm³/mol. The van der Waals surface area contributed by atoms with Crippen molar-refractivity contribution in [3.63, 3.8) is 0 Å². The van der Waals surface area contributed by atoms with Gasteiger partial charge in [0.05, 0.1) is 6.26 Å². The lowest BCUT2D eigenvalue weighted by Gasteiger charge is -2.37. The first-order valence-corrected chi connectivity index (χ1v) is 8.18. The van der Waals surface area contributed by atoms with Crippen LogP contribution in [-0.4, -0.2) is 27.9 Å². The van der Waals surface area contributed by atoms with Gasteiger partial charge in [0.25, 0.3) is 11.8 Å². The van der Waals surface area contributed by atoms with E-state index < -0.39 is 5.91 Å². The third-order valence-corrected chi connectivity index (χ3v) is 4.44. The number of thiocarbonyl (C=S) groups is 1. The second-order valence-corrected chi connectivity index (χ2v) is 6.07. The summed E-state index contributed by atoms with van der Waals surface area (Å²) in [6.07, 6.45) is 11.6. The number of carbonyl (C=O) groups excluding carboxylic acids is 2. The summed E-state index contributed by atoms with van der Waals surface area (Å²) < 4.78 is 5.18. The van der Waals surface area contributed by atoms with E-state index in [0.29, 0.717) is 5.76 Å². The summed E-state index contributed by atoms with van der Waals surface area (Å²) in [6.45, 7) is 0. The molecule has 120 valence electrons. The smallest absolute Gasteiger partial charge is 0.265 e. The fourth-order valence-electron chi connectivity index (χ4n) is 2.99. The highest BCUT2D eigenvalue weighted by atomic mass is 32.1. The second-order valence-electron chi connectivity index (χ2n) is 5.68. The number of amides is 2. The van der Waals surface area contributed by atoms with E-state index in [1.54, 1.807) is 35.4 Å². The number of nitrogens with one attached hydrogen (secondary N) is 1. The number of allylic oxidation sites excluding steroid dienone is 2. The van der Waals surface area contributed by atoms with E-state index in [2.05, 4.69) is 5.32 Å². The van der Waals surface area contributed by atoms with E-state index in [1.807, 2.05) is 0 Å². The van der Waals surface area contributed by atoms with E-state index in [0.717, 1.165) is 25.7 Å². The average molecular weight is 330 g/mol. The van der Waals surface area contributed by atoms with Gasteiger partial charge in [0.15, 0.2) is 5.11 Å². The molecule has 1 aliphatic carbocycles. The summed E-state index contributed by atoms with van der Waals surface area (Å²) in [5.74, 6) is -0.101. The lowest BCUT2D eigenvalue weighted by atomic mass is 9.93. The molecule has 2 fully saturated rings. The Morgan fingerprint density at radius 2 is 2.04 bits per heavy atom. The van der Waals surface area contributed by atoms with Crippen LogP contribution in [0.3, 0.4) is 0 Å². The fourth-order valence-corrected chi connectivity index (χ4v) is 3.31. The predicted octanol–water partition coefficient (Wildman–Crippen LogP) is 2.80. The first-order chi connectivity index (χ1) is 11.2. The van der Waals surface area contributed by atoms with Gasteiger partial charge in [-0.2, -0.15) is 0 Å². The van der Waals surface area contributed by atoms with Gasteiger partial charge in [0.2, 0.25) is 0 Å². The number of hydrogen-bond donors (Lipinski definition) is 1. The van der Waals surface area contributed by atoms with Crippen molar-refractivity contribution in [2.45, 2.75) is 38.1 Å². The number of rotatable bonds is 3. The highest BCUT2D eigenvalue weighted by Crippen LogP contribution is 2.25. The lowest BCUT2D eigenvalue weighted by Crippen LogP contribution is -2.57. The Bertz CT molecular complexity index is 670. The van der Waals surface area contributed by atoms with Crippen molar-refractivity contribution in [2.75, 3.05) is 0 Å². The van der Waals surface area contributed by atoms with Gasteiger partial charge in [-0.1, -0.05) is 25.3 Å². The summed E-state index contributed by atoms with van der Waals surface area (Å²) in [7, 11) is 0. The number of nitrogens with zero attached hydrogens (tertiary/aromatic N) is 1. The molecule has 3 rings (SSSR count). The number of furan rings is 1. The molecule has 2 aliphatic rings. The van der Waals surface area contributed by atoms with Crippen LogP contribution in [0.5, 0.6) is 0 Å². The minimum Gasteiger partial charge on any atom is -0.465 e. The lowest BCUT2D eigenvalue weighted by molar-refractivity contribution is -0.130. The van der Waals surface area contributed by atoms with E-state index in [1.165, 1.54) is 12.5 Å². The molecular formula is C17H18N2O3S. The normalized spacial score (nSPS) is 22.2. The maximum atomic E-state index is 12.7. The molecule has 2 heterocycles. The Morgan fingerprint density at radius 1 is 1.26 bits per heavy atom. The van der Waals surface area contributed by atoms with Crippen LogP contribution in [0.25, 0.3) is 6.08 Å². The topological polar surface area (TPSA) is 62.6 Å². The Labute approximate surface area is 140 Å². The van der Waals surface area contributed by atoms with Crippen molar-refractivity contribution < 1.29 is 14.0 Å². The molecule has 6 heteroatoms. The Morgan fingerprint density at radius 3 is 2.74 bits per heavy atom. The summed E-state index contributed by atoms with van der Waals surface area (Å²) in [5.41, 5.74) is 0.104. The average Bonchev–Trinajstić information content (AvgIpc) is 3.04. The molecule has 1 saturated heterocycles. The van der Waals surface area contributed by atoms with E-state index in [-0.39, 0.29) is 22.6 Å². The zero-order valence-corrected chi connectivity index (χ0v) is 13.5. The molecule has 0 unspecified atom stereocenters. The van der Waals surface area contributed by atoms with E-state index >= 15 is 0 Å². The standard InChI is InChI=1S/C17H18N2O3S/c20-15-14(10-4-8-13-9-5-11-22-13)16(21)19(17(23)18-15)12-6-2-1-3-7-12/h4-5,8-12H,1-3,6-7H2,(H,18,20,23)/b8-4+,14-10-. The highest BCUT2D eigenvalue weighted by Gasteiger charge is 2.37. The monoisotopic (exact) mass is 330 g/mol. The Balaban J connectivity index is 1.80. The summed E-state index contributed by atoms with van der Waals surface area (Å²) in [5, 5.41) is 2.84. The van der Waals surface area contributed by atoms with Crippen LogP contribution in [0.1, 0.15) is 37.9 Å². The van der Waals surface area contributed by atoms with Crippen molar-refractivity contribution in [1.82, 2.24) is 10.2 Å². The number of hydrogen-bond acceptors (Lipinski definition) is 4. The summed E-state index contributed by atoms with van der Waals surface area (Å²) >= 11 is 5.21. The van der Waals surface area contributed by atoms with Crippen LogP contribution >= 0.6 is 12.2 Å². The van der Waals surface area contributed by atoms with Crippen LogP contribution < -0.4 is 5.32 Å². The van der Waals surface area contributed by atoms with Crippen LogP contribution in [-0.2, 0) is 9.59 Å². The van der Waals surface area contributed by atoms with Gasteiger partial charge in [0, 0.05) is 6.04 Å². The molecule has 0 atom stereocenters. The molecule has 5 nitrogen and oxygen atoms in total. The zero-order valence-electron chi connectivity index (χ0n) is 12.7. The zero-order chi connectivity index (χ0) is 16.2. The van der Waals surface area contributed by atoms with Crippen molar-refractivity contribution >= 4 is 35.2 Å². The minimum absolute atomic E-state index is 0.0850. The molecule has 2 amide bonds. The maximum absolute atomic E-state index is 12.7. The van der Waals surface area contributed by atoms with Crippen LogP contribution in [0.2, 0.25) is 0 Å². The molecule has 0 bridgehead atoms. The third-order valence-electron chi connectivity index (χ3n) is 4.14. The quantitative estimate of drug-likeness (QED) is 0.526. The van der Waals surface area contributed by atoms with Crippen molar-refractivity contribution in [2.24, 2.45) is 0 Å². The molecule has 1 aromatic heterocycles. The second kappa shape index (κ2) is 6.91. The summed E-state index contributed by atoms with van der Waals surface area (Å²) in [6, 6.07) is 3.65. The van der Waals surface area contributed by atoms with E-state index in [4.69, 9.17) is 16.6 Å². The molecule has 0 aromatic carbocycles. The van der Waals surface area contributed by atoms with Crippen LogP contribution in [0, 0.1) is 0 Å². The van der Waals surface area contributed by atoms with Crippen molar-refractivity contribution in [3.8, 4) is 0 Å². The fraction of sp³-hybridized carbons (Fsp3) is 0.353. The SMILES string of the molecule is O=C1NC(=S)N(C2CCCCC2)C(=O)/C1=C\C=C\c1ccco1. The molecule has 0 radical (unpaired) electrons. The van der Waals surface area contributed by atoms with Gasteiger partial charge in [-0.05, 0) is 49.3 Å². The van der Waals surface area contributed by atoms with E-state index in [9.17, 15) is 9.59 Å². The van der Waals surface area contributed by atoms with Gasteiger partial charge in [-0.25, -0.2) is 0 Å². The summed E-state index contributed by atoms with van der Waals surface area (Å²) in [4.78, 5) is 26.3. The van der Waals surface area contributed by atoms with Gasteiger partial charge in [-0.15, -0.1) is 0 Å². The number of carbonyl (C=O) groups is 2. The largest absolute Gasteiger partial charge is 0.465 e. The first-order valence-electron chi connectivity index (χ1n) is 7.77. The first kappa shape index (κ1) is 15.7. The minimum atomic E-state index is -0.448. The molecule has 1 saturated carbocycles. The van der Waals surface area contributed by atoms with Crippen molar-refractivity contribution in [3.05, 3.63) is 41.9 Å². The Hall–Kier alpha value is -2.21. The molecule has 0 spiro atoms. The molecule has 23 heavy (non-hydrogen) atoms. The van der Waals surface area contributed by atoms with Crippen LogP contribution in [0.4, 0.5) is 0 Å². The van der Waals surface area contributed by atoms with Gasteiger partial charge in [-0.3, -0.25) is 19.8 Å². The Kier molecular flexibility index (Phi) is 4.71. The molecule has 1 N–H and O–H groups in total. The molecule has 1 aromatic rings. The van der Waals surface area contributed by atoms with Crippen molar-refractivity contribution in [1.29, 1.82) is 0 Å². The maximum Gasteiger partial charge on any atom is 0.265 e. The van der Waals surface area contributed by atoms with Gasteiger partial charge in [0.1, 0.15) is 11.3 Å². The van der Waals surface area contributed by atoms with Crippen LogP contribution in [0.15, 0.2) is 40.5 Å². The van der Waals surface area contributed by atoms with Gasteiger partial charge >= 0.3 is 0 Å². The highest BCUT2D eigenvalue weighted by molar-refractivity contribution is 7.80. The van der Waals surface area contributed by atoms with Gasteiger partial charge < -0.3 is 4.42 Å². The molecule has 1 aliphatic heterocycles. The third kappa shape index (κ3) is 3.42. The molecular weight excluding hydrogens is 312 g/mol.